The van der Waals surface area contributed by atoms with Gasteiger partial charge in [-0.3, -0.25) is 4.79 Å². The quantitative estimate of drug-likeness (QED) is 0.928. The molecule has 1 aromatic heterocycles. The van der Waals surface area contributed by atoms with Crippen LogP contribution in [0.5, 0.6) is 0 Å². The molecule has 2 aromatic rings. The zero-order valence-electron chi connectivity index (χ0n) is 11.1. The molecule has 0 saturated heterocycles. The third-order valence-corrected chi connectivity index (χ3v) is 3.70. The van der Waals surface area contributed by atoms with E-state index in [1.807, 2.05) is 6.20 Å². The molecule has 0 saturated carbocycles. The molecular formula is C15H16FN3O. The van der Waals surface area contributed by atoms with Gasteiger partial charge in [0.05, 0.1) is 6.33 Å². The number of nitrogens with one attached hydrogen (secondary N) is 1. The lowest BCUT2D eigenvalue weighted by atomic mass is 9.95. The van der Waals surface area contributed by atoms with Gasteiger partial charge < -0.3 is 9.88 Å². The number of aryl methyl sites for hydroxylation is 1. The van der Waals surface area contributed by atoms with E-state index in [4.69, 9.17) is 0 Å². The summed E-state index contributed by atoms with van der Waals surface area (Å²) < 4.78 is 15.1. The van der Waals surface area contributed by atoms with Gasteiger partial charge in [0.2, 0.25) is 5.91 Å². The molecule has 0 radical (unpaired) electrons. The van der Waals surface area contributed by atoms with Crippen LogP contribution in [-0.2, 0) is 24.3 Å². The highest BCUT2D eigenvalue weighted by molar-refractivity contribution is 5.79. The molecule has 0 aliphatic carbocycles. The summed E-state index contributed by atoms with van der Waals surface area (Å²) in [5, 5.41) is 2.88. The van der Waals surface area contributed by atoms with Crippen molar-refractivity contribution in [3.05, 3.63) is 53.9 Å². The number of rotatable bonds is 3. The summed E-state index contributed by atoms with van der Waals surface area (Å²) in [5.74, 6) is -0.271. The minimum absolute atomic E-state index is 0.0206. The average Bonchev–Trinajstić information content (AvgIpc) is 2.92. The summed E-state index contributed by atoms with van der Waals surface area (Å²) >= 11 is 0. The molecule has 1 aliphatic heterocycles. The Morgan fingerprint density at radius 1 is 1.50 bits per heavy atom. The van der Waals surface area contributed by atoms with Gasteiger partial charge in [-0.1, -0.05) is 12.1 Å². The number of fused-ring (bicyclic) bond motifs is 1. The minimum atomic E-state index is -0.279. The van der Waals surface area contributed by atoms with E-state index < -0.39 is 0 Å². The van der Waals surface area contributed by atoms with Crippen molar-refractivity contribution in [2.24, 2.45) is 5.92 Å². The zero-order chi connectivity index (χ0) is 13.9. The van der Waals surface area contributed by atoms with E-state index in [1.54, 1.807) is 18.5 Å². The van der Waals surface area contributed by atoms with Gasteiger partial charge in [-0.15, -0.1) is 0 Å². The summed E-state index contributed by atoms with van der Waals surface area (Å²) in [6.45, 7) is 1.19. The fraction of sp³-hybridized carbons (Fsp3) is 0.333. The van der Waals surface area contributed by atoms with Crippen LogP contribution >= 0.6 is 0 Å². The fourth-order valence-corrected chi connectivity index (χ4v) is 2.57. The minimum Gasteiger partial charge on any atom is -0.352 e. The van der Waals surface area contributed by atoms with Crippen molar-refractivity contribution >= 4 is 5.91 Å². The zero-order valence-corrected chi connectivity index (χ0v) is 11.1. The van der Waals surface area contributed by atoms with E-state index >= 15 is 0 Å². The summed E-state index contributed by atoms with van der Waals surface area (Å²) in [4.78, 5) is 16.2. The van der Waals surface area contributed by atoms with E-state index in [-0.39, 0.29) is 17.6 Å². The average molecular weight is 273 g/mol. The maximum absolute atomic E-state index is 13.1. The number of hydrogen-bond donors (Lipinski definition) is 1. The predicted molar refractivity (Wildman–Crippen MR) is 72.3 cm³/mol. The Hall–Kier alpha value is -2.17. The van der Waals surface area contributed by atoms with Crippen LogP contribution in [0.15, 0.2) is 36.8 Å². The lowest BCUT2D eigenvalue weighted by Crippen LogP contribution is -2.34. The smallest absolute Gasteiger partial charge is 0.223 e. The maximum atomic E-state index is 13.1. The van der Waals surface area contributed by atoms with E-state index in [0.717, 1.165) is 30.6 Å². The molecule has 5 heteroatoms. The maximum Gasteiger partial charge on any atom is 0.223 e. The second-order valence-corrected chi connectivity index (χ2v) is 5.12. The van der Waals surface area contributed by atoms with Crippen molar-refractivity contribution in [2.75, 3.05) is 0 Å². The van der Waals surface area contributed by atoms with Gasteiger partial charge in [0.25, 0.3) is 0 Å². The number of nitrogens with zero attached hydrogens (tertiary/aromatic N) is 2. The SMILES string of the molecule is O=C(NCc1cccc(F)c1)C1CCn2cncc2C1. The monoisotopic (exact) mass is 273 g/mol. The summed E-state index contributed by atoms with van der Waals surface area (Å²) in [6.07, 6.45) is 5.15. The Balaban J connectivity index is 1.58. The Labute approximate surface area is 116 Å². The molecule has 20 heavy (non-hydrogen) atoms. The van der Waals surface area contributed by atoms with Gasteiger partial charge in [-0.25, -0.2) is 9.37 Å². The first-order valence-electron chi connectivity index (χ1n) is 6.73. The topological polar surface area (TPSA) is 46.9 Å². The molecule has 1 atom stereocenters. The third-order valence-electron chi connectivity index (χ3n) is 3.70. The predicted octanol–water partition coefficient (Wildman–Crippen LogP) is 1.90. The molecule has 0 spiro atoms. The van der Waals surface area contributed by atoms with Gasteiger partial charge in [-0.05, 0) is 24.1 Å². The lowest BCUT2D eigenvalue weighted by molar-refractivity contribution is -0.125. The van der Waals surface area contributed by atoms with Gasteiger partial charge in [-0.2, -0.15) is 0 Å². The molecular weight excluding hydrogens is 257 g/mol. The Bertz CT molecular complexity index is 623. The number of hydrogen-bond acceptors (Lipinski definition) is 2. The van der Waals surface area contributed by atoms with Crippen LogP contribution in [0.2, 0.25) is 0 Å². The second-order valence-electron chi connectivity index (χ2n) is 5.12. The molecule has 1 unspecified atom stereocenters. The van der Waals surface area contributed by atoms with E-state index in [0.29, 0.717) is 6.54 Å². The molecule has 1 N–H and O–H groups in total. The molecule has 0 bridgehead atoms. The molecule has 0 fully saturated rings. The summed E-state index contributed by atoms with van der Waals surface area (Å²) in [6, 6.07) is 6.29. The highest BCUT2D eigenvalue weighted by Gasteiger charge is 2.24. The van der Waals surface area contributed by atoms with Crippen molar-refractivity contribution in [3.8, 4) is 0 Å². The number of benzene rings is 1. The van der Waals surface area contributed by atoms with Crippen molar-refractivity contribution in [2.45, 2.75) is 25.9 Å². The number of carbonyl (C=O) groups excluding carboxylic acids is 1. The summed E-state index contributed by atoms with van der Waals surface area (Å²) in [7, 11) is 0. The fourth-order valence-electron chi connectivity index (χ4n) is 2.57. The second kappa shape index (κ2) is 5.45. The van der Waals surface area contributed by atoms with E-state index in [1.165, 1.54) is 12.1 Å². The van der Waals surface area contributed by atoms with Gasteiger partial charge in [0.15, 0.2) is 0 Å². The van der Waals surface area contributed by atoms with Crippen molar-refractivity contribution in [1.29, 1.82) is 0 Å². The molecule has 104 valence electrons. The van der Waals surface area contributed by atoms with Crippen molar-refractivity contribution in [1.82, 2.24) is 14.9 Å². The number of carbonyl (C=O) groups is 1. The van der Waals surface area contributed by atoms with Crippen LogP contribution in [0.3, 0.4) is 0 Å². The van der Waals surface area contributed by atoms with Crippen LogP contribution in [-0.4, -0.2) is 15.5 Å². The lowest BCUT2D eigenvalue weighted by Gasteiger charge is -2.23. The number of aromatic nitrogens is 2. The first-order chi connectivity index (χ1) is 9.72. The summed E-state index contributed by atoms with van der Waals surface area (Å²) in [5.41, 5.74) is 1.88. The molecule has 3 rings (SSSR count). The number of amides is 1. The van der Waals surface area contributed by atoms with Crippen LogP contribution in [0, 0.1) is 11.7 Å². The standard InChI is InChI=1S/C15H16FN3O/c16-13-3-1-2-11(6-13)8-18-15(20)12-4-5-19-10-17-9-14(19)7-12/h1-3,6,9-10,12H,4-5,7-8H2,(H,18,20). The van der Waals surface area contributed by atoms with Crippen LogP contribution in [0.4, 0.5) is 4.39 Å². The van der Waals surface area contributed by atoms with Crippen molar-refractivity contribution in [3.63, 3.8) is 0 Å². The van der Waals surface area contributed by atoms with Gasteiger partial charge in [0.1, 0.15) is 5.82 Å². The Morgan fingerprint density at radius 2 is 2.40 bits per heavy atom. The van der Waals surface area contributed by atoms with E-state index in [9.17, 15) is 9.18 Å². The molecule has 1 amide bonds. The Kier molecular flexibility index (Phi) is 3.50. The highest BCUT2D eigenvalue weighted by atomic mass is 19.1. The molecule has 1 aliphatic rings. The van der Waals surface area contributed by atoms with Crippen molar-refractivity contribution < 1.29 is 9.18 Å². The third kappa shape index (κ3) is 2.71. The molecule has 4 nitrogen and oxygen atoms in total. The van der Waals surface area contributed by atoms with E-state index in [2.05, 4.69) is 14.9 Å². The van der Waals surface area contributed by atoms with Gasteiger partial charge in [0, 0.05) is 37.3 Å². The number of imidazole rings is 1. The first-order valence-corrected chi connectivity index (χ1v) is 6.73. The Morgan fingerprint density at radius 3 is 3.25 bits per heavy atom. The van der Waals surface area contributed by atoms with Crippen LogP contribution in [0.1, 0.15) is 17.7 Å². The van der Waals surface area contributed by atoms with Gasteiger partial charge >= 0.3 is 0 Å². The molecule has 2 heterocycles. The number of halogens is 1. The van der Waals surface area contributed by atoms with Crippen LogP contribution < -0.4 is 5.32 Å². The normalized spacial score (nSPS) is 17.6. The first kappa shape index (κ1) is 12.8. The highest BCUT2D eigenvalue weighted by Crippen LogP contribution is 2.20. The molecule has 1 aromatic carbocycles. The van der Waals surface area contributed by atoms with Crippen LogP contribution in [0.25, 0.3) is 0 Å². The largest absolute Gasteiger partial charge is 0.352 e.